The van der Waals surface area contributed by atoms with E-state index in [1.54, 1.807) is 14.2 Å². The third kappa shape index (κ3) is 5.04. The molecule has 0 fully saturated rings. The molecule has 2 aromatic heterocycles. The summed E-state index contributed by atoms with van der Waals surface area (Å²) in [5.41, 5.74) is 1.81. The summed E-state index contributed by atoms with van der Waals surface area (Å²) in [6.45, 7) is 8.51. The number of likely N-dealkylation sites (N-methyl/N-ethyl adjacent to an activating group) is 1. The molecule has 3 aromatic rings. The van der Waals surface area contributed by atoms with Gasteiger partial charge < -0.3 is 14.8 Å². The highest BCUT2D eigenvalue weighted by Gasteiger charge is 2.24. The number of nitrogens with one attached hydrogen (secondary N) is 1. The number of benzene rings is 1. The van der Waals surface area contributed by atoms with Gasteiger partial charge in [0.15, 0.2) is 5.82 Å². The summed E-state index contributed by atoms with van der Waals surface area (Å²) in [6, 6.07) is 7.75. The predicted octanol–water partition coefficient (Wildman–Crippen LogP) is 4.62. The minimum absolute atomic E-state index is 0.0278. The Kier molecular flexibility index (Phi) is 8.42. The molecule has 0 aliphatic rings. The van der Waals surface area contributed by atoms with Gasteiger partial charge in [-0.3, -0.25) is 9.69 Å². The Labute approximate surface area is 197 Å². The fourth-order valence-electron chi connectivity index (χ4n) is 3.82. The largest absolute Gasteiger partial charge is 0.480 e. The molecule has 1 N–H and O–H groups in total. The molecule has 0 bridgehead atoms. The lowest BCUT2D eigenvalue weighted by atomic mass is 10.0. The molecule has 172 valence electrons. The molecule has 2 heterocycles. The van der Waals surface area contributed by atoms with Crippen molar-refractivity contribution in [2.75, 3.05) is 33.9 Å². The van der Waals surface area contributed by atoms with Gasteiger partial charge >= 0.3 is 0 Å². The summed E-state index contributed by atoms with van der Waals surface area (Å²) < 4.78 is 10.6. The van der Waals surface area contributed by atoms with Gasteiger partial charge in [0.05, 0.1) is 23.4 Å². The van der Waals surface area contributed by atoms with E-state index < -0.39 is 0 Å². The number of nitrogens with zero attached hydrogens (tertiary/aromatic N) is 3. The van der Waals surface area contributed by atoms with Crippen LogP contribution in [0.5, 0.6) is 5.88 Å². The first kappa shape index (κ1) is 24.4. The summed E-state index contributed by atoms with van der Waals surface area (Å²) in [6.07, 6.45) is 0. The lowest BCUT2D eigenvalue weighted by Crippen LogP contribution is -2.38. The van der Waals surface area contributed by atoms with E-state index in [1.165, 1.54) is 11.3 Å². The first-order valence-corrected chi connectivity index (χ1v) is 11.7. The smallest absolute Gasteiger partial charge is 0.261 e. The average molecular weight is 477 g/mol. The van der Waals surface area contributed by atoms with Crippen molar-refractivity contribution in [2.45, 2.75) is 33.4 Å². The van der Waals surface area contributed by atoms with Gasteiger partial charge in [0.2, 0.25) is 5.88 Å². The molecule has 3 rings (SSSR count). The molecule has 0 radical (unpaired) electrons. The van der Waals surface area contributed by atoms with Crippen molar-refractivity contribution >= 4 is 39.1 Å². The summed E-state index contributed by atoms with van der Waals surface area (Å²) in [4.78, 5) is 25.7. The van der Waals surface area contributed by atoms with Crippen LogP contribution in [0, 0.1) is 6.92 Å². The van der Waals surface area contributed by atoms with E-state index in [2.05, 4.69) is 34.0 Å². The van der Waals surface area contributed by atoms with E-state index in [9.17, 15) is 4.79 Å². The molecule has 9 heteroatoms. The maximum atomic E-state index is 13.2. The van der Waals surface area contributed by atoms with E-state index in [0.717, 1.165) is 29.6 Å². The Morgan fingerprint density at radius 1 is 1.22 bits per heavy atom. The first-order chi connectivity index (χ1) is 15.4. The molecule has 32 heavy (non-hydrogen) atoms. The van der Waals surface area contributed by atoms with Crippen molar-refractivity contribution in [3.8, 4) is 5.88 Å². The van der Waals surface area contributed by atoms with E-state index in [4.69, 9.17) is 21.1 Å². The number of methoxy groups -OCH3 is 2. The molecule has 1 unspecified atom stereocenters. The van der Waals surface area contributed by atoms with E-state index in [0.29, 0.717) is 33.0 Å². The molecular formula is C23H29ClN4O3S. The third-order valence-electron chi connectivity index (χ3n) is 5.45. The summed E-state index contributed by atoms with van der Waals surface area (Å²) >= 11 is 7.82. The molecular weight excluding hydrogens is 448 g/mol. The summed E-state index contributed by atoms with van der Waals surface area (Å²) in [5.74, 6) is 0.822. The van der Waals surface area contributed by atoms with Crippen LogP contribution in [0.1, 0.15) is 46.5 Å². The normalized spacial score (nSPS) is 12.3. The molecule has 1 amide bonds. The fourth-order valence-corrected chi connectivity index (χ4v) is 5.19. The van der Waals surface area contributed by atoms with Gasteiger partial charge in [-0.25, -0.2) is 4.98 Å². The van der Waals surface area contributed by atoms with Gasteiger partial charge in [0, 0.05) is 18.7 Å². The molecule has 7 nitrogen and oxygen atoms in total. The SMILES string of the molecule is CCN(CC)C(CNC(=O)c1sc2nc(COC)nc(OC)c2c1C)c1ccccc1Cl. The zero-order valence-corrected chi connectivity index (χ0v) is 20.6. The Morgan fingerprint density at radius 3 is 2.56 bits per heavy atom. The van der Waals surface area contributed by atoms with Gasteiger partial charge in [-0.1, -0.05) is 43.6 Å². The lowest BCUT2D eigenvalue weighted by Gasteiger charge is -2.30. The number of carbonyl (C=O) groups is 1. The summed E-state index contributed by atoms with van der Waals surface area (Å²) in [7, 11) is 3.15. The predicted molar refractivity (Wildman–Crippen MR) is 129 cm³/mol. The number of carbonyl (C=O) groups excluding carboxylic acids is 1. The van der Waals surface area contributed by atoms with E-state index >= 15 is 0 Å². The summed E-state index contributed by atoms with van der Waals surface area (Å²) in [5, 5.41) is 4.57. The second-order valence-electron chi connectivity index (χ2n) is 7.29. The van der Waals surface area contributed by atoms with Crippen LogP contribution in [0.25, 0.3) is 10.2 Å². The number of aryl methyl sites for hydroxylation is 1. The van der Waals surface area contributed by atoms with Crippen LogP contribution >= 0.6 is 22.9 Å². The molecule has 0 spiro atoms. The number of ether oxygens (including phenoxy) is 2. The number of fused-ring (bicyclic) bond motifs is 1. The zero-order chi connectivity index (χ0) is 23.3. The maximum Gasteiger partial charge on any atom is 0.261 e. The standard InChI is InChI=1S/C23H29ClN4O3S/c1-6-28(7-2)17(15-10-8-9-11-16(15)24)12-25-21(29)20-14(3)19-22(31-5)26-18(13-30-4)27-23(19)32-20/h8-11,17H,6-7,12-13H2,1-5H3,(H,25,29). The third-order valence-corrected chi connectivity index (χ3v) is 6.98. The van der Waals surface area contributed by atoms with Gasteiger partial charge in [-0.2, -0.15) is 4.98 Å². The van der Waals surface area contributed by atoms with Crippen molar-refractivity contribution in [2.24, 2.45) is 0 Å². The molecule has 0 aliphatic heterocycles. The Morgan fingerprint density at radius 2 is 1.94 bits per heavy atom. The van der Waals surface area contributed by atoms with E-state index in [-0.39, 0.29) is 18.6 Å². The van der Waals surface area contributed by atoms with Crippen LogP contribution in [0.15, 0.2) is 24.3 Å². The van der Waals surface area contributed by atoms with Crippen molar-refractivity contribution in [3.05, 3.63) is 51.1 Å². The zero-order valence-electron chi connectivity index (χ0n) is 19.1. The van der Waals surface area contributed by atoms with Gasteiger partial charge in [-0.15, -0.1) is 11.3 Å². The number of amides is 1. The van der Waals surface area contributed by atoms with Gasteiger partial charge in [0.25, 0.3) is 5.91 Å². The number of halogens is 1. The fraction of sp³-hybridized carbons (Fsp3) is 0.435. The highest BCUT2D eigenvalue weighted by molar-refractivity contribution is 7.20. The highest BCUT2D eigenvalue weighted by atomic mass is 35.5. The number of hydrogen-bond donors (Lipinski definition) is 1. The van der Waals surface area contributed by atoms with Gasteiger partial charge in [0.1, 0.15) is 11.4 Å². The lowest BCUT2D eigenvalue weighted by molar-refractivity contribution is 0.0938. The molecule has 1 aromatic carbocycles. The van der Waals surface area contributed by atoms with Crippen molar-refractivity contribution in [1.29, 1.82) is 0 Å². The molecule has 1 atom stereocenters. The maximum absolute atomic E-state index is 13.2. The van der Waals surface area contributed by atoms with Crippen LogP contribution < -0.4 is 10.1 Å². The van der Waals surface area contributed by atoms with Crippen molar-refractivity contribution in [1.82, 2.24) is 20.2 Å². The number of hydrogen-bond acceptors (Lipinski definition) is 7. The first-order valence-electron chi connectivity index (χ1n) is 10.5. The molecule has 0 aliphatic carbocycles. The topological polar surface area (TPSA) is 76.6 Å². The highest BCUT2D eigenvalue weighted by Crippen LogP contribution is 2.35. The molecule has 0 saturated carbocycles. The van der Waals surface area contributed by atoms with Gasteiger partial charge in [-0.05, 0) is 37.2 Å². The minimum atomic E-state index is -0.148. The van der Waals surface area contributed by atoms with Crippen molar-refractivity contribution < 1.29 is 14.3 Å². The second-order valence-corrected chi connectivity index (χ2v) is 8.69. The number of thiophene rings is 1. The number of rotatable bonds is 10. The second kappa shape index (κ2) is 11.0. The Balaban J connectivity index is 1.90. The number of aromatic nitrogens is 2. The minimum Gasteiger partial charge on any atom is -0.480 e. The van der Waals surface area contributed by atoms with Crippen LogP contribution in [-0.4, -0.2) is 54.6 Å². The monoisotopic (exact) mass is 476 g/mol. The van der Waals surface area contributed by atoms with Crippen molar-refractivity contribution in [3.63, 3.8) is 0 Å². The van der Waals surface area contributed by atoms with Crippen LogP contribution in [-0.2, 0) is 11.3 Å². The molecule has 0 saturated heterocycles. The Bertz CT molecular complexity index is 1080. The quantitative estimate of drug-likeness (QED) is 0.460. The average Bonchev–Trinajstić information content (AvgIpc) is 3.13. The van der Waals surface area contributed by atoms with Crippen LogP contribution in [0.2, 0.25) is 5.02 Å². The van der Waals surface area contributed by atoms with Crippen LogP contribution in [0.4, 0.5) is 0 Å². The van der Waals surface area contributed by atoms with E-state index in [1.807, 2.05) is 31.2 Å². The Hall–Kier alpha value is -2.26. The van der Waals surface area contributed by atoms with Crippen LogP contribution in [0.3, 0.4) is 0 Å².